The fourth-order valence-electron chi connectivity index (χ4n) is 6.50. The Hall–Kier alpha value is -3.27. The zero-order valence-electron chi connectivity index (χ0n) is 23.6. The van der Waals surface area contributed by atoms with Gasteiger partial charge in [-0.1, -0.05) is 28.8 Å². The van der Waals surface area contributed by atoms with E-state index >= 15 is 0 Å². The maximum atomic E-state index is 14.3. The second-order valence-corrected chi connectivity index (χ2v) is 11.8. The number of hydrogen-bond donors (Lipinski definition) is 1. The van der Waals surface area contributed by atoms with Crippen molar-refractivity contribution < 1.29 is 33.7 Å². The first-order valence-corrected chi connectivity index (χ1v) is 15.1. The van der Waals surface area contributed by atoms with Crippen LogP contribution in [0.15, 0.2) is 34.8 Å². The molecule has 2 fully saturated rings. The van der Waals surface area contributed by atoms with Gasteiger partial charge in [-0.2, -0.15) is 0 Å². The molecule has 2 aromatic carbocycles. The molecule has 1 saturated heterocycles. The van der Waals surface area contributed by atoms with Crippen molar-refractivity contribution in [1.82, 2.24) is 9.80 Å². The van der Waals surface area contributed by atoms with Gasteiger partial charge in [-0.25, -0.2) is 0 Å². The Morgan fingerprint density at radius 2 is 1.78 bits per heavy atom. The highest BCUT2D eigenvalue weighted by atomic mass is 79.9. The molecule has 0 spiro atoms. The second-order valence-electron chi connectivity index (χ2n) is 11.0. The zero-order valence-corrected chi connectivity index (χ0v) is 25.2. The van der Waals surface area contributed by atoms with Gasteiger partial charge in [0, 0.05) is 47.7 Å². The number of nitrogens with zero attached hydrogens (tertiary/aromatic N) is 2. The van der Waals surface area contributed by atoms with Crippen molar-refractivity contribution in [3.05, 3.63) is 51.5 Å². The number of carbonyl (C=O) groups is 3. The summed E-state index contributed by atoms with van der Waals surface area (Å²) in [6.45, 7) is 1.43. The van der Waals surface area contributed by atoms with Gasteiger partial charge in [0.15, 0.2) is 0 Å². The molecule has 220 valence electrons. The average Bonchev–Trinajstić information content (AvgIpc) is 3.41. The summed E-state index contributed by atoms with van der Waals surface area (Å²) in [4.78, 5) is 43.9. The van der Waals surface area contributed by atoms with Crippen LogP contribution in [0.2, 0.25) is 0 Å². The van der Waals surface area contributed by atoms with Crippen molar-refractivity contribution in [1.29, 1.82) is 0 Å². The molecule has 2 amide bonds. The third kappa shape index (κ3) is 6.03. The van der Waals surface area contributed by atoms with E-state index in [2.05, 4.69) is 15.9 Å². The van der Waals surface area contributed by atoms with E-state index in [1.54, 1.807) is 48.3 Å². The third-order valence-electron chi connectivity index (χ3n) is 8.69. The van der Waals surface area contributed by atoms with E-state index in [1.165, 1.54) is 0 Å². The number of amides is 2. The number of likely N-dealkylation sites (tertiary alicyclic amines) is 1. The summed E-state index contributed by atoms with van der Waals surface area (Å²) in [6.07, 6.45) is 4.71. The van der Waals surface area contributed by atoms with Gasteiger partial charge in [0.2, 0.25) is 11.8 Å². The Kier molecular flexibility index (Phi) is 9.06. The number of halogens is 1. The Labute approximate surface area is 248 Å². The molecule has 2 aromatic rings. The van der Waals surface area contributed by atoms with Gasteiger partial charge in [0.05, 0.1) is 32.1 Å². The van der Waals surface area contributed by atoms with Crippen LogP contribution < -0.4 is 9.47 Å². The van der Waals surface area contributed by atoms with Crippen LogP contribution in [0.1, 0.15) is 61.3 Å². The van der Waals surface area contributed by atoms with Crippen LogP contribution in [-0.4, -0.2) is 66.5 Å². The number of benzene rings is 2. The summed E-state index contributed by atoms with van der Waals surface area (Å²) in [5.74, 6) is -0.219. The second kappa shape index (κ2) is 12.7. The summed E-state index contributed by atoms with van der Waals surface area (Å²) < 4.78 is 17.3. The van der Waals surface area contributed by atoms with Gasteiger partial charge < -0.3 is 29.1 Å². The molecule has 41 heavy (non-hydrogen) atoms. The molecule has 1 saturated carbocycles. The Bertz CT molecular complexity index is 1320. The van der Waals surface area contributed by atoms with Gasteiger partial charge in [0.1, 0.15) is 23.9 Å². The fraction of sp³-hybridized carbons (Fsp3) is 0.516. The first-order chi connectivity index (χ1) is 19.8. The lowest BCUT2D eigenvalue weighted by atomic mass is 9.77. The van der Waals surface area contributed by atoms with Crippen LogP contribution in [0.4, 0.5) is 0 Å². The predicted octanol–water partition coefficient (Wildman–Crippen LogP) is 4.77. The summed E-state index contributed by atoms with van der Waals surface area (Å²) in [7, 11) is 3.12. The lowest BCUT2D eigenvalue weighted by molar-refractivity contribution is -0.159. The largest absolute Gasteiger partial charge is 0.508 e. The van der Waals surface area contributed by atoms with Gasteiger partial charge in [0.25, 0.3) is 0 Å². The molecule has 1 N–H and O–H groups in total. The zero-order chi connectivity index (χ0) is 29.1. The minimum Gasteiger partial charge on any atom is -0.508 e. The standard InChI is InChI=1S/C31H37BrN2O7/c1-39-20-10-9-19(27(16-20)40-2)18-41-31(38)22-7-4-3-6-21(22)30(37)34-15-13-23-24(32)11-12-26(35)29(23)25(34)17-33-14-5-8-28(33)36/h9-12,16,21-22,25,35H,3-8,13-15,17-18H2,1-2H3/t21-,22+,25-/m1/s1. The summed E-state index contributed by atoms with van der Waals surface area (Å²) in [5, 5.41) is 10.9. The monoisotopic (exact) mass is 628 g/mol. The average molecular weight is 630 g/mol. The number of fused-ring (bicyclic) bond motifs is 1. The quantitative estimate of drug-likeness (QED) is 0.420. The lowest BCUT2D eigenvalue weighted by Gasteiger charge is -2.42. The minimum atomic E-state index is -0.563. The number of carbonyl (C=O) groups excluding carboxylic acids is 3. The number of esters is 1. The minimum absolute atomic E-state index is 0.0299. The number of phenols is 1. The number of methoxy groups -OCH3 is 2. The molecular weight excluding hydrogens is 592 g/mol. The highest BCUT2D eigenvalue weighted by Crippen LogP contribution is 2.43. The maximum absolute atomic E-state index is 14.3. The van der Waals surface area contributed by atoms with E-state index in [0.717, 1.165) is 29.3 Å². The number of aromatic hydroxyl groups is 1. The highest BCUT2D eigenvalue weighted by molar-refractivity contribution is 9.10. The van der Waals surface area contributed by atoms with E-state index in [1.807, 2.05) is 6.07 Å². The van der Waals surface area contributed by atoms with Crippen LogP contribution in [0, 0.1) is 11.8 Å². The highest BCUT2D eigenvalue weighted by Gasteiger charge is 2.43. The van der Waals surface area contributed by atoms with E-state index in [-0.39, 0.29) is 24.2 Å². The van der Waals surface area contributed by atoms with Crippen molar-refractivity contribution >= 4 is 33.7 Å². The van der Waals surface area contributed by atoms with E-state index < -0.39 is 23.8 Å². The number of hydrogen-bond acceptors (Lipinski definition) is 7. The number of phenolic OH excluding ortho intramolecular Hbond substituents is 1. The van der Waals surface area contributed by atoms with Crippen LogP contribution in [0.25, 0.3) is 0 Å². The molecule has 2 heterocycles. The smallest absolute Gasteiger partial charge is 0.310 e. The number of ether oxygens (including phenoxy) is 3. The van der Waals surface area contributed by atoms with E-state index in [0.29, 0.717) is 67.9 Å². The van der Waals surface area contributed by atoms with Crippen LogP contribution in [0.3, 0.4) is 0 Å². The number of rotatable bonds is 8. The first-order valence-electron chi connectivity index (χ1n) is 14.3. The molecular formula is C31H37BrN2O7. The Morgan fingerprint density at radius 3 is 2.49 bits per heavy atom. The fourth-order valence-corrected chi connectivity index (χ4v) is 7.05. The van der Waals surface area contributed by atoms with Gasteiger partial charge >= 0.3 is 5.97 Å². The van der Waals surface area contributed by atoms with Crippen molar-refractivity contribution in [2.24, 2.45) is 11.8 Å². The normalized spacial score (nSPS) is 22.3. The SMILES string of the molecule is COc1ccc(COC(=O)[C@H]2CCCC[C@H]2C(=O)N2CCc3c(Br)ccc(O)c3[C@H]2CN2CCCC2=O)c(OC)c1. The van der Waals surface area contributed by atoms with Gasteiger partial charge in [-0.3, -0.25) is 14.4 Å². The van der Waals surface area contributed by atoms with Crippen molar-refractivity contribution in [2.45, 2.75) is 57.6 Å². The van der Waals surface area contributed by atoms with E-state index in [9.17, 15) is 19.5 Å². The van der Waals surface area contributed by atoms with E-state index in [4.69, 9.17) is 14.2 Å². The molecule has 2 aliphatic heterocycles. The van der Waals surface area contributed by atoms with Crippen LogP contribution >= 0.6 is 15.9 Å². The third-order valence-corrected chi connectivity index (χ3v) is 9.43. The molecule has 3 aliphatic rings. The molecule has 0 aromatic heterocycles. The van der Waals surface area contributed by atoms with Gasteiger partial charge in [-0.05, 0) is 55.5 Å². The Morgan fingerprint density at radius 1 is 1.00 bits per heavy atom. The van der Waals surface area contributed by atoms with Gasteiger partial charge in [-0.15, -0.1) is 0 Å². The van der Waals surface area contributed by atoms with Crippen molar-refractivity contribution in [3.8, 4) is 17.2 Å². The molecule has 3 atom stereocenters. The summed E-state index contributed by atoms with van der Waals surface area (Å²) >= 11 is 3.61. The molecule has 0 radical (unpaired) electrons. The molecule has 1 aliphatic carbocycles. The maximum Gasteiger partial charge on any atom is 0.310 e. The van der Waals surface area contributed by atoms with Crippen molar-refractivity contribution in [2.75, 3.05) is 33.9 Å². The van der Waals surface area contributed by atoms with Crippen LogP contribution in [-0.2, 0) is 32.1 Å². The lowest BCUT2D eigenvalue weighted by Crippen LogP contribution is -2.50. The Balaban J connectivity index is 1.37. The summed E-state index contributed by atoms with van der Waals surface area (Å²) in [5.41, 5.74) is 2.35. The predicted molar refractivity (Wildman–Crippen MR) is 155 cm³/mol. The molecule has 9 nitrogen and oxygen atoms in total. The summed E-state index contributed by atoms with van der Waals surface area (Å²) in [6, 6.07) is 8.27. The van der Waals surface area contributed by atoms with Crippen molar-refractivity contribution in [3.63, 3.8) is 0 Å². The molecule has 0 bridgehead atoms. The molecule has 0 unspecified atom stereocenters. The first kappa shape index (κ1) is 29.2. The molecule has 5 rings (SSSR count). The molecule has 10 heteroatoms. The topological polar surface area (TPSA) is 106 Å². The van der Waals surface area contributed by atoms with Crippen LogP contribution in [0.5, 0.6) is 17.2 Å².